The number of benzene rings is 5. The predicted octanol–water partition coefficient (Wildman–Crippen LogP) is 10.3. The number of hydrogen-bond acceptors (Lipinski definition) is 3. The van der Waals surface area contributed by atoms with Gasteiger partial charge in [0.25, 0.3) is 0 Å². The summed E-state index contributed by atoms with van der Waals surface area (Å²) >= 11 is 1.89. The summed E-state index contributed by atoms with van der Waals surface area (Å²) in [5.41, 5.74) is 5.70. The van der Waals surface area contributed by atoms with E-state index in [2.05, 4.69) is 150 Å². The van der Waals surface area contributed by atoms with E-state index in [9.17, 15) is 0 Å². The molecule has 2 unspecified atom stereocenters. The van der Waals surface area contributed by atoms with E-state index in [1.807, 2.05) is 11.3 Å². The zero-order chi connectivity index (χ0) is 29.7. The first-order valence-electron chi connectivity index (χ1n) is 15.6. The Morgan fingerprint density at radius 1 is 0.756 bits per heavy atom. The summed E-state index contributed by atoms with van der Waals surface area (Å²) in [4.78, 5) is 6.91. The molecule has 0 spiro atoms. The van der Waals surface area contributed by atoms with E-state index >= 15 is 0 Å². The zero-order valence-corrected chi connectivity index (χ0v) is 25.6. The molecule has 2 aliphatic carbocycles. The summed E-state index contributed by atoms with van der Waals surface area (Å²) in [5.74, 6) is 0.974. The molecule has 0 radical (unpaired) electrons. The summed E-state index contributed by atoms with van der Waals surface area (Å²) < 4.78 is 3.78. The number of rotatable bonds is 2. The molecule has 2 aromatic heterocycles. The third-order valence-electron chi connectivity index (χ3n) is 9.96. The maximum atomic E-state index is 5.54. The molecule has 4 heteroatoms. The van der Waals surface area contributed by atoms with Crippen LogP contribution in [0.3, 0.4) is 0 Å². The Bertz CT molecular complexity index is 2480. The lowest BCUT2D eigenvalue weighted by molar-refractivity contribution is 0.463. The smallest absolute Gasteiger partial charge is 0.158 e. The van der Waals surface area contributed by atoms with Crippen LogP contribution in [-0.2, 0) is 6.42 Å². The molecule has 2 atom stereocenters. The van der Waals surface area contributed by atoms with Crippen molar-refractivity contribution in [1.82, 2.24) is 9.88 Å². The number of aromatic nitrogens is 1. The molecule has 45 heavy (non-hydrogen) atoms. The number of allylic oxidation sites excluding steroid dienone is 3. The Balaban J connectivity index is 1.32. The van der Waals surface area contributed by atoms with Crippen LogP contribution in [0.15, 0.2) is 138 Å². The number of hydrogen-bond donors (Lipinski definition) is 1. The fraction of sp³-hybridized carbons (Fsp3) is 0.0976. The Morgan fingerprint density at radius 2 is 1.42 bits per heavy atom. The third-order valence-corrected chi connectivity index (χ3v) is 11.1. The summed E-state index contributed by atoms with van der Waals surface area (Å²) in [6.45, 7) is 2.38. The highest BCUT2D eigenvalue weighted by molar-refractivity contribution is 7.20. The van der Waals surface area contributed by atoms with Crippen molar-refractivity contribution in [3.8, 4) is 0 Å². The van der Waals surface area contributed by atoms with E-state index in [0.29, 0.717) is 0 Å². The topological polar surface area (TPSA) is 29.3 Å². The van der Waals surface area contributed by atoms with Gasteiger partial charge in [0.1, 0.15) is 0 Å². The quantitative estimate of drug-likeness (QED) is 0.212. The molecule has 0 saturated carbocycles. The van der Waals surface area contributed by atoms with Crippen LogP contribution in [0, 0.1) is 5.41 Å². The Labute approximate surface area is 264 Å². The molecule has 10 rings (SSSR count). The van der Waals surface area contributed by atoms with Crippen LogP contribution in [0.2, 0.25) is 0 Å². The van der Waals surface area contributed by atoms with E-state index < -0.39 is 0 Å². The van der Waals surface area contributed by atoms with Gasteiger partial charge < -0.3 is 5.32 Å². The second-order valence-corrected chi connectivity index (χ2v) is 13.8. The molecule has 3 nitrogen and oxygen atoms in total. The number of fused-ring (bicyclic) bond motifs is 11. The maximum Gasteiger partial charge on any atom is 0.158 e. The SMILES string of the molecule is CC1(C2=C(n3c4ccc5ccccc5c4c4c5ccccc5ccc43)N=C3C=CC=CC3N2)C=Cc2sc3ccccc3c2C1. The molecular weight excluding hydrogens is 567 g/mol. The van der Waals surface area contributed by atoms with Gasteiger partial charge in [-0.3, -0.25) is 4.57 Å². The molecule has 0 saturated heterocycles. The fourth-order valence-corrected chi connectivity index (χ4v) is 8.94. The average Bonchev–Trinajstić information content (AvgIpc) is 3.63. The molecule has 0 amide bonds. The highest BCUT2D eigenvalue weighted by Gasteiger charge is 2.39. The highest BCUT2D eigenvalue weighted by atomic mass is 32.1. The second-order valence-electron chi connectivity index (χ2n) is 12.7. The van der Waals surface area contributed by atoms with Crippen molar-refractivity contribution < 1.29 is 0 Å². The molecule has 5 aromatic carbocycles. The van der Waals surface area contributed by atoms with Gasteiger partial charge in [-0.25, -0.2) is 4.99 Å². The molecule has 3 aliphatic rings. The predicted molar refractivity (Wildman–Crippen MR) is 193 cm³/mol. The average molecular weight is 596 g/mol. The number of thiophene rings is 1. The van der Waals surface area contributed by atoms with Gasteiger partial charge in [-0.2, -0.15) is 0 Å². The van der Waals surface area contributed by atoms with Gasteiger partial charge in [0.2, 0.25) is 0 Å². The van der Waals surface area contributed by atoms with Crippen LogP contribution in [0.5, 0.6) is 0 Å². The van der Waals surface area contributed by atoms with Gasteiger partial charge in [-0.15, -0.1) is 11.3 Å². The van der Waals surface area contributed by atoms with Crippen molar-refractivity contribution in [3.05, 3.63) is 144 Å². The van der Waals surface area contributed by atoms with Gasteiger partial charge in [-0.1, -0.05) is 110 Å². The van der Waals surface area contributed by atoms with E-state index in [1.54, 1.807) is 0 Å². The maximum absolute atomic E-state index is 5.54. The van der Waals surface area contributed by atoms with Crippen molar-refractivity contribution in [2.24, 2.45) is 10.4 Å². The standard InChI is InChI=1S/C41H29N3S/c1-41(23-22-36-30(24-41)29-14-6-9-17-35(29)45-36)39-40(43-32-16-8-7-15-31(32)42-39)44-33-20-18-25-10-2-4-12-27(25)37(33)38-28-13-5-3-11-26(28)19-21-34(38)44/h2-23,31,42H,24H2,1H3. The van der Waals surface area contributed by atoms with Gasteiger partial charge in [-0.05, 0) is 69.3 Å². The summed E-state index contributed by atoms with van der Waals surface area (Å²) in [7, 11) is 0. The molecular formula is C41H29N3S. The number of aliphatic imine (C=N–C) groups is 1. The van der Waals surface area contributed by atoms with Crippen LogP contribution >= 0.6 is 11.3 Å². The third kappa shape index (κ3) is 3.54. The van der Waals surface area contributed by atoms with Gasteiger partial charge in [0.05, 0.1) is 28.5 Å². The molecule has 0 bridgehead atoms. The van der Waals surface area contributed by atoms with Crippen molar-refractivity contribution in [2.75, 3.05) is 0 Å². The van der Waals surface area contributed by atoms with Crippen LogP contribution in [0.25, 0.3) is 65.3 Å². The van der Waals surface area contributed by atoms with Crippen molar-refractivity contribution >= 4 is 82.4 Å². The zero-order valence-electron chi connectivity index (χ0n) is 24.8. The van der Waals surface area contributed by atoms with E-state index in [1.165, 1.54) is 63.9 Å². The fourth-order valence-electron chi connectivity index (χ4n) is 7.81. The molecule has 0 fully saturated rings. The molecule has 1 N–H and O–H groups in total. The minimum atomic E-state index is -0.285. The molecule has 3 heterocycles. The normalized spacial score (nSPS) is 20.7. The van der Waals surface area contributed by atoms with Crippen LogP contribution in [0.1, 0.15) is 17.4 Å². The van der Waals surface area contributed by atoms with E-state index in [-0.39, 0.29) is 11.5 Å². The van der Waals surface area contributed by atoms with Crippen molar-refractivity contribution in [2.45, 2.75) is 19.4 Å². The monoisotopic (exact) mass is 595 g/mol. The Kier molecular flexibility index (Phi) is 5.13. The first-order chi connectivity index (χ1) is 22.2. The minimum Gasteiger partial charge on any atom is -0.373 e. The van der Waals surface area contributed by atoms with Crippen LogP contribution in [0.4, 0.5) is 0 Å². The van der Waals surface area contributed by atoms with Gasteiger partial charge in [0, 0.05) is 25.8 Å². The second kappa shape index (κ2) is 9.16. The summed E-state index contributed by atoms with van der Waals surface area (Å²) in [5, 5.41) is 13.0. The summed E-state index contributed by atoms with van der Waals surface area (Å²) in [6, 6.07) is 35.5. The van der Waals surface area contributed by atoms with Gasteiger partial charge >= 0.3 is 0 Å². The largest absolute Gasteiger partial charge is 0.373 e. The van der Waals surface area contributed by atoms with Crippen LogP contribution in [-0.4, -0.2) is 16.3 Å². The van der Waals surface area contributed by atoms with E-state index in [4.69, 9.17) is 4.99 Å². The van der Waals surface area contributed by atoms with Crippen molar-refractivity contribution in [3.63, 3.8) is 0 Å². The minimum absolute atomic E-state index is 0.0364. The first-order valence-corrected chi connectivity index (χ1v) is 16.5. The summed E-state index contributed by atoms with van der Waals surface area (Å²) in [6.07, 6.45) is 14.3. The van der Waals surface area contributed by atoms with Crippen molar-refractivity contribution in [1.29, 1.82) is 0 Å². The van der Waals surface area contributed by atoms with Crippen LogP contribution < -0.4 is 5.32 Å². The molecule has 7 aromatic rings. The number of nitrogens with zero attached hydrogens (tertiary/aromatic N) is 2. The highest BCUT2D eigenvalue weighted by Crippen LogP contribution is 2.48. The first kappa shape index (κ1) is 25.2. The lowest BCUT2D eigenvalue weighted by Crippen LogP contribution is -2.44. The lowest BCUT2D eigenvalue weighted by atomic mass is 9.75. The lowest BCUT2D eigenvalue weighted by Gasteiger charge is -2.38. The van der Waals surface area contributed by atoms with Gasteiger partial charge in [0.15, 0.2) is 5.82 Å². The Morgan fingerprint density at radius 3 is 2.16 bits per heavy atom. The molecule has 214 valence electrons. The number of nitrogens with one attached hydrogen (secondary N) is 1. The molecule has 1 aliphatic heterocycles. The van der Waals surface area contributed by atoms with E-state index in [0.717, 1.165) is 23.7 Å². The Hall–Kier alpha value is -5.19.